The van der Waals surface area contributed by atoms with Crippen molar-refractivity contribution in [3.8, 4) is 6.07 Å². The second-order valence-corrected chi connectivity index (χ2v) is 6.66. The van der Waals surface area contributed by atoms with Gasteiger partial charge in [0.05, 0.1) is 17.7 Å². The number of aliphatic carboxylic acids is 1. The fourth-order valence-corrected chi connectivity index (χ4v) is 3.63. The third kappa shape index (κ3) is 3.95. The average molecular weight is 345 g/mol. The first kappa shape index (κ1) is 18.0. The van der Waals surface area contributed by atoms with Gasteiger partial charge in [0.15, 0.2) is 5.17 Å². The summed E-state index contributed by atoms with van der Waals surface area (Å²) in [6, 6.07) is 8.01. The van der Waals surface area contributed by atoms with Crippen LogP contribution < -0.4 is 0 Å². The van der Waals surface area contributed by atoms with Gasteiger partial charge < -0.3 is 10.0 Å². The molecule has 2 rings (SSSR count). The van der Waals surface area contributed by atoms with Gasteiger partial charge >= 0.3 is 5.97 Å². The van der Waals surface area contributed by atoms with Gasteiger partial charge in [-0.2, -0.15) is 10.3 Å². The van der Waals surface area contributed by atoms with Crippen molar-refractivity contribution < 1.29 is 14.7 Å². The molecule has 1 aliphatic heterocycles. The second kappa shape index (κ2) is 7.97. The Labute approximate surface area is 145 Å². The number of carboxylic acids is 1. The predicted octanol–water partition coefficient (Wildman–Crippen LogP) is 2.75. The molecule has 1 saturated heterocycles. The minimum Gasteiger partial charge on any atom is -0.480 e. The molecule has 0 radical (unpaired) electrons. The number of rotatable bonds is 5. The second-order valence-electron chi connectivity index (χ2n) is 5.55. The molecule has 6 nitrogen and oxygen atoms in total. The highest BCUT2D eigenvalue weighted by molar-refractivity contribution is 8.15. The van der Waals surface area contributed by atoms with Crippen LogP contribution in [-0.2, 0) is 4.79 Å². The number of carboxylic acid groups (broad SMARTS) is 1. The third-order valence-electron chi connectivity index (χ3n) is 3.86. The average Bonchev–Trinajstić information content (AvgIpc) is 2.89. The van der Waals surface area contributed by atoms with Crippen LogP contribution in [0.3, 0.4) is 0 Å². The Morgan fingerprint density at radius 2 is 2.04 bits per heavy atom. The molecule has 1 heterocycles. The van der Waals surface area contributed by atoms with Gasteiger partial charge in [0.25, 0.3) is 5.91 Å². The van der Waals surface area contributed by atoms with Crippen molar-refractivity contribution in [2.45, 2.75) is 38.0 Å². The normalized spacial score (nSPS) is 21.7. The van der Waals surface area contributed by atoms with Crippen molar-refractivity contribution in [3.05, 3.63) is 35.4 Å². The lowest BCUT2D eigenvalue weighted by molar-refractivity contribution is -0.137. The summed E-state index contributed by atoms with van der Waals surface area (Å²) in [5.74, 6) is -1.33. The number of benzene rings is 1. The van der Waals surface area contributed by atoms with Crippen LogP contribution in [0.4, 0.5) is 0 Å². The third-order valence-corrected chi connectivity index (χ3v) is 5.25. The molecule has 0 aliphatic carbocycles. The molecule has 2 atom stereocenters. The van der Waals surface area contributed by atoms with E-state index in [1.54, 1.807) is 24.3 Å². The SMILES string of the molecule is CCCCN1C(=NC(=O)c2ccc(C#N)cc2)SC(C(=O)O)C1C. The van der Waals surface area contributed by atoms with E-state index in [2.05, 4.69) is 11.9 Å². The Bertz CT molecular complexity index is 694. The van der Waals surface area contributed by atoms with Crippen LogP contribution in [0.15, 0.2) is 29.3 Å². The van der Waals surface area contributed by atoms with Crippen molar-refractivity contribution in [3.63, 3.8) is 0 Å². The summed E-state index contributed by atoms with van der Waals surface area (Å²) < 4.78 is 0. The number of nitriles is 1. The Hall–Kier alpha value is -2.33. The van der Waals surface area contributed by atoms with Crippen molar-refractivity contribution in [1.82, 2.24) is 4.90 Å². The van der Waals surface area contributed by atoms with Crippen LogP contribution in [0, 0.1) is 11.3 Å². The van der Waals surface area contributed by atoms with Crippen molar-refractivity contribution >= 4 is 28.8 Å². The van der Waals surface area contributed by atoms with E-state index < -0.39 is 17.1 Å². The summed E-state index contributed by atoms with van der Waals surface area (Å²) in [6.45, 7) is 4.57. The maximum atomic E-state index is 12.3. The summed E-state index contributed by atoms with van der Waals surface area (Å²) in [5.41, 5.74) is 0.850. The zero-order valence-corrected chi connectivity index (χ0v) is 14.4. The standard InChI is InChI=1S/C17H19N3O3S/c1-3-4-9-20-11(2)14(16(22)23)24-17(20)19-15(21)13-7-5-12(10-18)6-8-13/h5-8,11,14H,3-4,9H2,1-2H3,(H,22,23). The molecule has 0 bridgehead atoms. The summed E-state index contributed by atoms with van der Waals surface area (Å²) in [4.78, 5) is 29.8. The Balaban J connectivity index is 2.24. The molecule has 7 heteroatoms. The van der Waals surface area contributed by atoms with Crippen molar-refractivity contribution in [1.29, 1.82) is 5.26 Å². The highest BCUT2D eigenvalue weighted by Crippen LogP contribution is 2.32. The molecule has 1 N–H and O–H groups in total. The number of amidine groups is 1. The summed E-state index contributed by atoms with van der Waals surface area (Å²) in [6.07, 6.45) is 1.88. The van der Waals surface area contributed by atoms with Crippen molar-refractivity contribution in [2.75, 3.05) is 6.54 Å². The first-order valence-electron chi connectivity index (χ1n) is 7.77. The van der Waals surface area contributed by atoms with Crippen LogP contribution in [0.5, 0.6) is 0 Å². The molecule has 1 aromatic carbocycles. The van der Waals surface area contributed by atoms with Gasteiger partial charge in [-0.1, -0.05) is 25.1 Å². The van der Waals surface area contributed by atoms with E-state index in [9.17, 15) is 14.7 Å². The number of carbonyl (C=O) groups is 2. The zero-order chi connectivity index (χ0) is 17.7. The monoisotopic (exact) mass is 345 g/mol. The van der Waals surface area contributed by atoms with Gasteiger partial charge in [-0.3, -0.25) is 9.59 Å². The number of nitrogens with zero attached hydrogens (tertiary/aromatic N) is 3. The van der Waals surface area contributed by atoms with E-state index in [1.165, 1.54) is 0 Å². The fraction of sp³-hybridized carbons (Fsp3) is 0.412. The molecular weight excluding hydrogens is 326 g/mol. The first-order chi connectivity index (χ1) is 11.5. The van der Waals surface area contributed by atoms with Crippen LogP contribution in [0.25, 0.3) is 0 Å². The summed E-state index contributed by atoms with van der Waals surface area (Å²) >= 11 is 1.12. The van der Waals surface area contributed by atoms with Crippen LogP contribution >= 0.6 is 11.8 Å². The minimum atomic E-state index is -0.898. The van der Waals surface area contributed by atoms with E-state index in [4.69, 9.17) is 5.26 Å². The van der Waals surface area contributed by atoms with Crippen molar-refractivity contribution in [2.24, 2.45) is 4.99 Å². The predicted molar refractivity (Wildman–Crippen MR) is 93.0 cm³/mol. The number of hydrogen-bond donors (Lipinski definition) is 1. The molecule has 0 aromatic heterocycles. The van der Waals surface area contributed by atoms with E-state index in [0.29, 0.717) is 22.8 Å². The van der Waals surface area contributed by atoms with Crippen LogP contribution in [0.2, 0.25) is 0 Å². The molecule has 1 aliphatic rings. The number of thioether (sulfide) groups is 1. The molecule has 1 amide bonds. The highest BCUT2D eigenvalue weighted by atomic mass is 32.2. The smallest absolute Gasteiger partial charge is 0.319 e. The van der Waals surface area contributed by atoms with E-state index >= 15 is 0 Å². The number of carbonyl (C=O) groups excluding carboxylic acids is 1. The topological polar surface area (TPSA) is 93.8 Å². The van der Waals surface area contributed by atoms with Crippen LogP contribution in [-0.4, -0.2) is 44.9 Å². The Morgan fingerprint density at radius 1 is 1.38 bits per heavy atom. The molecule has 126 valence electrons. The quantitative estimate of drug-likeness (QED) is 0.882. The summed E-state index contributed by atoms with van der Waals surface area (Å²) in [5, 5.41) is 18.0. The zero-order valence-electron chi connectivity index (χ0n) is 13.6. The first-order valence-corrected chi connectivity index (χ1v) is 8.65. The molecule has 24 heavy (non-hydrogen) atoms. The molecule has 1 fully saturated rings. The van der Waals surface area contributed by atoms with E-state index in [-0.39, 0.29) is 6.04 Å². The maximum absolute atomic E-state index is 12.3. The lowest BCUT2D eigenvalue weighted by atomic mass is 10.1. The van der Waals surface area contributed by atoms with Crippen LogP contribution in [0.1, 0.15) is 42.6 Å². The molecule has 2 unspecified atom stereocenters. The molecule has 0 spiro atoms. The van der Waals surface area contributed by atoms with Gasteiger partial charge in [-0.25, -0.2) is 0 Å². The number of aliphatic imine (C=N–C) groups is 1. The number of amides is 1. The van der Waals surface area contributed by atoms with Gasteiger partial charge in [0.1, 0.15) is 5.25 Å². The molecule has 0 saturated carbocycles. The number of hydrogen-bond acceptors (Lipinski definition) is 4. The Morgan fingerprint density at radius 3 is 2.58 bits per heavy atom. The van der Waals surface area contributed by atoms with Gasteiger partial charge in [0.2, 0.25) is 0 Å². The highest BCUT2D eigenvalue weighted by Gasteiger charge is 2.40. The molecule has 1 aromatic rings. The van der Waals surface area contributed by atoms with Gasteiger partial charge in [-0.05, 0) is 37.6 Å². The van der Waals surface area contributed by atoms with Gasteiger partial charge in [0, 0.05) is 12.1 Å². The fourth-order valence-electron chi connectivity index (χ4n) is 2.43. The lowest BCUT2D eigenvalue weighted by Gasteiger charge is -2.23. The number of unbranched alkanes of at least 4 members (excludes halogenated alkanes) is 1. The Kier molecular flexibility index (Phi) is 5.99. The lowest BCUT2D eigenvalue weighted by Crippen LogP contribution is -2.38. The van der Waals surface area contributed by atoms with Gasteiger partial charge in [-0.15, -0.1) is 0 Å². The summed E-state index contributed by atoms with van der Waals surface area (Å²) in [7, 11) is 0. The molecular formula is C17H19N3O3S. The van der Waals surface area contributed by atoms with E-state index in [1.807, 2.05) is 17.9 Å². The maximum Gasteiger partial charge on any atom is 0.319 e. The minimum absolute atomic E-state index is 0.216. The van der Waals surface area contributed by atoms with E-state index in [0.717, 1.165) is 24.6 Å². The largest absolute Gasteiger partial charge is 0.480 e.